The average molecular weight is 289 g/mol. The maximum Gasteiger partial charge on any atom is 0.308 e. The number of hydrogen-bond donors (Lipinski definition) is 1. The molecule has 2 rings (SSSR count). The van der Waals surface area contributed by atoms with Crippen LogP contribution in [0.1, 0.15) is 17.3 Å². The molecule has 0 radical (unpaired) electrons. The third-order valence-electron chi connectivity index (χ3n) is 2.52. The molecule has 0 unspecified atom stereocenters. The van der Waals surface area contributed by atoms with Gasteiger partial charge in [0.15, 0.2) is 0 Å². The summed E-state index contributed by atoms with van der Waals surface area (Å²) < 4.78 is 23.2. The third-order valence-corrected chi connectivity index (χ3v) is 2.52. The number of nitrogens with two attached hydrogens (primary N) is 1. The molecule has 1 amide bonds. The molecule has 0 fully saturated rings. The Labute approximate surface area is 120 Å². The van der Waals surface area contributed by atoms with Gasteiger partial charge in [0, 0.05) is 13.0 Å². The van der Waals surface area contributed by atoms with Gasteiger partial charge in [-0.3, -0.25) is 9.59 Å². The highest BCUT2D eigenvalue weighted by Gasteiger charge is 2.13. The molecular weight excluding hydrogens is 277 g/mol. The summed E-state index contributed by atoms with van der Waals surface area (Å²) in [6.45, 7) is 1.21. The van der Waals surface area contributed by atoms with Crippen molar-refractivity contribution in [2.45, 2.75) is 6.92 Å². The molecular formula is C15H12FNO4. The van der Waals surface area contributed by atoms with Gasteiger partial charge in [0.25, 0.3) is 5.91 Å². The topological polar surface area (TPSA) is 78.6 Å². The summed E-state index contributed by atoms with van der Waals surface area (Å²) in [6, 6.07) is 9.65. The number of ether oxygens (including phenoxy) is 2. The number of carbonyl (C=O) groups excluding carboxylic acids is 2. The number of esters is 1. The second-order valence-electron chi connectivity index (χ2n) is 4.17. The Morgan fingerprint density at radius 1 is 1.05 bits per heavy atom. The summed E-state index contributed by atoms with van der Waals surface area (Å²) in [5.74, 6) is -0.961. The molecule has 0 saturated heterocycles. The molecule has 6 heteroatoms. The monoisotopic (exact) mass is 289 g/mol. The minimum absolute atomic E-state index is 0.00890. The van der Waals surface area contributed by atoms with Gasteiger partial charge < -0.3 is 15.2 Å². The summed E-state index contributed by atoms with van der Waals surface area (Å²) >= 11 is 0. The zero-order valence-corrected chi connectivity index (χ0v) is 11.1. The molecule has 0 bridgehead atoms. The van der Waals surface area contributed by atoms with Gasteiger partial charge in [0.05, 0.1) is 5.56 Å². The zero-order valence-electron chi connectivity index (χ0n) is 11.1. The van der Waals surface area contributed by atoms with E-state index in [1.807, 2.05) is 0 Å². The van der Waals surface area contributed by atoms with Gasteiger partial charge in [-0.05, 0) is 36.4 Å². The predicted octanol–water partition coefficient (Wildman–Crippen LogP) is 2.64. The number of hydrogen-bond acceptors (Lipinski definition) is 4. The number of halogens is 1. The molecule has 21 heavy (non-hydrogen) atoms. The summed E-state index contributed by atoms with van der Waals surface area (Å²) in [4.78, 5) is 22.3. The van der Waals surface area contributed by atoms with Crippen LogP contribution in [0.5, 0.6) is 17.2 Å². The summed E-state index contributed by atoms with van der Waals surface area (Å²) in [7, 11) is 0. The lowest BCUT2D eigenvalue weighted by Crippen LogP contribution is -2.14. The van der Waals surface area contributed by atoms with Crippen molar-refractivity contribution in [1.29, 1.82) is 0 Å². The lowest BCUT2D eigenvalue weighted by molar-refractivity contribution is -0.131. The number of amides is 1. The smallest absolute Gasteiger partial charge is 0.308 e. The lowest BCUT2D eigenvalue weighted by atomic mass is 10.2. The van der Waals surface area contributed by atoms with Gasteiger partial charge in [-0.15, -0.1) is 0 Å². The van der Waals surface area contributed by atoms with Gasteiger partial charge in [0.1, 0.15) is 23.1 Å². The van der Waals surface area contributed by atoms with Gasteiger partial charge in [0.2, 0.25) is 0 Å². The first-order valence-corrected chi connectivity index (χ1v) is 6.01. The zero-order chi connectivity index (χ0) is 15.4. The first-order valence-electron chi connectivity index (χ1n) is 6.01. The quantitative estimate of drug-likeness (QED) is 0.693. The highest BCUT2D eigenvalue weighted by molar-refractivity contribution is 5.96. The first kappa shape index (κ1) is 14.5. The van der Waals surface area contributed by atoms with E-state index >= 15 is 0 Å². The molecule has 0 atom stereocenters. The van der Waals surface area contributed by atoms with Crippen molar-refractivity contribution < 1.29 is 23.5 Å². The molecule has 2 aromatic carbocycles. The van der Waals surface area contributed by atoms with Gasteiger partial charge in [-0.2, -0.15) is 0 Å². The van der Waals surface area contributed by atoms with Crippen LogP contribution in [0.4, 0.5) is 4.39 Å². The van der Waals surface area contributed by atoms with E-state index in [9.17, 15) is 14.0 Å². The average Bonchev–Trinajstić information content (AvgIpc) is 2.40. The molecule has 0 aliphatic carbocycles. The van der Waals surface area contributed by atoms with Crippen molar-refractivity contribution in [1.82, 2.24) is 0 Å². The summed E-state index contributed by atoms with van der Waals surface area (Å²) in [5, 5.41) is 0. The van der Waals surface area contributed by atoms with E-state index in [0.717, 1.165) is 0 Å². The predicted molar refractivity (Wildman–Crippen MR) is 72.7 cm³/mol. The standard InChI is InChI=1S/C15H12FNO4/c1-9(18)20-14-8-12(6-7-13(14)15(17)19)21-11-4-2-10(16)3-5-11/h2-8H,1H3,(H2,17,19). The number of rotatable bonds is 4. The normalized spacial score (nSPS) is 10.0. The molecule has 0 aromatic heterocycles. The number of carbonyl (C=O) groups is 2. The Morgan fingerprint density at radius 3 is 2.24 bits per heavy atom. The summed E-state index contributed by atoms with van der Waals surface area (Å²) in [6.07, 6.45) is 0. The van der Waals surface area contributed by atoms with E-state index in [0.29, 0.717) is 11.5 Å². The van der Waals surface area contributed by atoms with E-state index in [1.165, 1.54) is 49.4 Å². The molecule has 108 valence electrons. The highest BCUT2D eigenvalue weighted by atomic mass is 19.1. The Bertz CT molecular complexity index is 683. The fourth-order valence-electron chi connectivity index (χ4n) is 1.65. The second kappa shape index (κ2) is 6.04. The van der Waals surface area contributed by atoms with Crippen LogP contribution in [0.2, 0.25) is 0 Å². The van der Waals surface area contributed by atoms with Crippen LogP contribution in [0.25, 0.3) is 0 Å². The Morgan fingerprint density at radius 2 is 1.67 bits per heavy atom. The minimum atomic E-state index is -0.723. The Kier molecular flexibility index (Phi) is 4.18. The SMILES string of the molecule is CC(=O)Oc1cc(Oc2ccc(F)cc2)ccc1C(N)=O. The van der Waals surface area contributed by atoms with Gasteiger partial charge >= 0.3 is 5.97 Å². The third kappa shape index (κ3) is 3.79. The molecule has 0 aliphatic heterocycles. The molecule has 0 spiro atoms. The molecule has 0 heterocycles. The minimum Gasteiger partial charge on any atom is -0.457 e. The number of benzene rings is 2. The van der Waals surface area contributed by atoms with Crippen LogP contribution >= 0.6 is 0 Å². The lowest BCUT2D eigenvalue weighted by Gasteiger charge is -2.10. The number of primary amides is 1. The van der Waals surface area contributed by atoms with Crippen molar-refractivity contribution in [3.8, 4) is 17.2 Å². The van der Waals surface area contributed by atoms with Crippen molar-refractivity contribution in [2.75, 3.05) is 0 Å². The van der Waals surface area contributed by atoms with Gasteiger partial charge in [-0.1, -0.05) is 0 Å². The molecule has 0 aliphatic rings. The van der Waals surface area contributed by atoms with E-state index in [1.54, 1.807) is 0 Å². The van der Waals surface area contributed by atoms with Gasteiger partial charge in [-0.25, -0.2) is 4.39 Å². The van der Waals surface area contributed by atoms with Crippen LogP contribution < -0.4 is 15.2 Å². The second-order valence-corrected chi connectivity index (χ2v) is 4.17. The van der Waals surface area contributed by atoms with Crippen molar-refractivity contribution >= 4 is 11.9 Å². The van der Waals surface area contributed by atoms with Crippen LogP contribution in [-0.2, 0) is 4.79 Å². The van der Waals surface area contributed by atoms with Crippen LogP contribution in [0.15, 0.2) is 42.5 Å². The van der Waals surface area contributed by atoms with Crippen molar-refractivity contribution in [3.05, 3.63) is 53.8 Å². The fraction of sp³-hybridized carbons (Fsp3) is 0.0667. The van der Waals surface area contributed by atoms with Crippen LogP contribution in [0.3, 0.4) is 0 Å². The largest absolute Gasteiger partial charge is 0.457 e. The Balaban J connectivity index is 2.30. The maximum atomic E-state index is 12.8. The van der Waals surface area contributed by atoms with Crippen LogP contribution in [-0.4, -0.2) is 11.9 Å². The van der Waals surface area contributed by atoms with Crippen molar-refractivity contribution in [3.63, 3.8) is 0 Å². The maximum absolute atomic E-state index is 12.8. The van der Waals surface area contributed by atoms with Crippen LogP contribution in [0, 0.1) is 5.82 Å². The first-order chi connectivity index (χ1) is 9.95. The molecule has 2 N–H and O–H groups in total. The molecule has 2 aromatic rings. The fourth-order valence-corrected chi connectivity index (χ4v) is 1.65. The van der Waals surface area contributed by atoms with E-state index in [4.69, 9.17) is 15.2 Å². The highest BCUT2D eigenvalue weighted by Crippen LogP contribution is 2.28. The summed E-state index contributed by atoms with van der Waals surface area (Å²) in [5.41, 5.74) is 5.26. The van der Waals surface area contributed by atoms with E-state index < -0.39 is 11.9 Å². The van der Waals surface area contributed by atoms with Crippen molar-refractivity contribution in [2.24, 2.45) is 5.73 Å². The Hall–Kier alpha value is -2.89. The van der Waals surface area contributed by atoms with E-state index in [2.05, 4.69) is 0 Å². The van der Waals surface area contributed by atoms with E-state index in [-0.39, 0.29) is 17.1 Å². The molecule has 0 saturated carbocycles. The molecule has 5 nitrogen and oxygen atoms in total.